The molecule has 0 radical (unpaired) electrons. The zero-order valence-corrected chi connectivity index (χ0v) is 10.2. The van der Waals surface area contributed by atoms with Crippen LogP contribution in [0, 0.1) is 0 Å². The van der Waals surface area contributed by atoms with Crippen LogP contribution >= 0.6 is 0 Å². The van der Waals surface area contributed by atoms with Gasteiger partial charge in [-0.25, -0.2) is 4.79 Å². The molecule has 0 aliphatic carbocycles. The third-order valence-corrected chi connectivity index (χ3v) is 2.88. The molecule has 1 fully saturated rings. The van der Waals surface area contributed by atoms with E-state index in [-0.39, 0.29) is 37.1 Å². The van der Waals surface area contributed by atoms with Crippen molar-refractivity contribution >= 4 is 17.8 Å². The normalized spacial score (nSPS) is 15.7. The number of carboxylic acids is 1. The van der Waals surface area contributed by atoms with Crippen LogP contribution in [0.1, 0.15) is 15.9 Å². The summed E-state index contributed by atoms with van der Waals surface area (Å²) >= 11 is 0. The highest BCUT2D eigenvalue weighted by atomic mass is 16.5. The molecule has 1 N–H and O–H groups in total. The summed E-state index contributed by atoms with van der Waals surface area (Å²) in [5.74, 6) is -1.65. The van der Waals surface area contributed by atoms with Gasteiger partial charge in [0.05, 0.1) is 5.56 Å². The molecule has 6 nitrogen and oxygen atoms in total. The number of imide groups is 1. The van der Waals surface area contributed by atoms with Gasteiger partial charge in [-0.3, -0.25) is 14.5 Å². The molecule has 0 spiro atoms. The van der Waals surface area contributed by atoms with Crippen LogP contribution in [0.2, 0.25) is 0 Å². The smallest absolute Gasteiger partial charge is 0.335 e. The van der Waals surface area contributed by atoms with E-state index in [2.05, 4.69) is 0 Å². The van der Waals surface area contributed by atoms with Crippen LogP contribution in [-0.4, -0.2) is 47.5 Å². The number of carboxylic acid groups (broad SMARTS) is 1. The van der Waals surface area contributed by atoms with Gasteiger partial charge in [0.15, 0.2) is 0 Å². The number of hydrogen-bond acceptors (Lipinski definition) is 4. The molecule has 1 saturated heterocycles. The molecule has 2 amide bonds. The van der Waals surface area contributed by atoms with Gasteiger partial charge >= 0.3 is 5.97 Å². The second-order valence-corrected chi connectivity index (χ2v) is 4.18. The average molecular weight is 263 g/mol. The Kier molecular flexibility index (Phi) is 3.91. The molecule has 0 bridgehead atoms. The fourth-order valence-electron chi connectivity index (χ4n) is 1.82. The average Bonchev–Trinajstić information content (AvgIpc) is 2.38. The largest absolute Gasteiger partial charge is 0.478 e. The first-order valence-electron chi connectivity index (χ1n) is 5.81. The lowest BCUT2D eigenvalue weighted by molar-refractivity contribution is -0.158. The van der Waals surface area contributed by atoms with Gasteiger partial charge in [-0.15, -0.1) is 0 Å². The molecule has 6 heteroatoms. The molecule has 19 heavy (non-hydrogen) atoms. The van der Waals surface area contributed by atoms with Gasteiger partial charge in [0, 0.05) is 6.54 Å². The highest BCUT2D eigenvalue weighted by molar-refractivity contribution is 5.98. The van der Waals surface area contributed by atoms with Gasteiger partial charge in [-0.2, -0.15) is 0 Å². The van der Waals surface area contributed by atoms with Crippen molar-refractivity contribution in [3.8, 4) is 0 Å². The van der Waals surface area contributed by atoms with Crippen LogP contribution in [0.3, 0.4) is 0 Å². The van der Waals surface area contributed by atoms with Crippen molar-refractivity contribution in [3.63, 3.8) is 0 Å². The zero-order valence-electron chi connectivity index (χ0n) is 10.2. The summed E-state index contributed by atoms with van der Waals surface area (Å²) in [4.78, 5) is 34.8. The van der Waals surface area contributed by atoms with Crippen molar-refractivity contribution in [3.05, 3.63) is 35.4 Å². The minimum absolute atomic E-state index is 0.0658. The molecule has 1 aromatic carbocycles. The minimum Gasteiger partial charge on any atom is -0.478 e. The van der Waals surface area contributed by atoms with Gasteiger partial charge < -0.3 is 9.84 Å². The van der Waals surface area contributed by atoms with E-state index in [0.29, 0.717) is 6.42 Å². The van der Waals surface area contributed by atoms with Crippen LogP contribution in [0.4, 0.5) is 0 Å². The number of ether oxygens (including phenoxy) is 1. The first kappa shape index (κ1) is 13.2. The number of rotatable bonds is 4. The topological polar surface area (TPSA) is 83.9 Å². The molecule has 0 unspecified atom stereocenters. The van der Waals surface area contributed by atoms with Gasteiger partial charge in [-0.05, 0) is 24.1 Å². The Balaban J connectivity index is 1.96. The number of morpholine rings is 1. The predicted molar refractivity (Wildman–Crippen MR) is 64.6 cm³/mol. The van der Waals surface area contributed by atoms with Gasteiger partial charge in [0.25, 0.3) is 11.8 Å². The van der Waals surface area contributed by atoms with Crippen molar-refractivity contribution in [1.82, 2.24) is 4.90 Å². The van der Waals surface area contributed by atoms with E-state index in [4.69, 9.17) is 9.84 Å². The lowest BCUT2D eigenvalue weighted by atomic mass is 10.1. The Morgan fingerprint density at radius 3 is 2.26 bits per heavy atom. The quantitative estimate of drug-likeness (QED) is 0.790. The standard InChI is InChI=1S/C13H13NO5/c15-11-7-19-8-12(16)14(11)6-5-9-1-3-10(4-2-9)13(17)18/h1-4H,5-8H2,(H,17,18). The molecule has 100 valence electrons. The summed E-state index contributed by atoms with van der Waals surface area (Å²) in [5, 5.41) is 8.77. The molecule has 0 atom stereocenters. The number of aromatic carboxylic acids is 1. The van der Waals surface area contributed by atoms with Crippen molar-refractivity contribution in [2.45, 2.75) is 6.42 Å². The number of amides is 2. The monoisotopic (exact) mass is 263 g/mol. The Hall–Kier alpha value is -2.21. The van der Waals surface area contributed by atoms with Crippen molar-refractivity contribution < 1.29 is 24.2 Å². The van der Waals surface area contributed by atoms with Gasteiger partial charge in [0.2, 0.25) is 0 Å². The molecular formula is C13H13NO5. The number of carbonyl (C=O) groups excluding carboxylic acids is 2. The predicted octanol–water partition coefficient (Wildman–Crippen LogP) is 0.313. The summed E-state index contributed by atoms with van der Waals surface area (Å²) in [7, 11) is 0. The molecular weight excluding hydrogens is 250 g/mol. The van der Waals surface area contributed by atoms with Crippen molar-refractivity contribution in [1.29, 1.82) is 0 Å². The molecule has 2 rings (SSSR count). The van der Waals surface area contributed by atoms with Crippen LogP contribution < -0.4 is 0 Å². The lowest BCUT2D eigenvalue weighted by Crippen LogP contribution is -2.46. The Morgan fingerprint density at radius 1 is 1.16 bits per heavy atom. The zero-order chi connectivity index (χ0) is 13.8. The van der Waals surface area contributed by atoms with Crippen LogP contribution in [0.5, 0.6) is 0 Å². The summed E-state index contributed by atoms with van der Waals surface area (Å²) in [6.45, 7) is 0.154. The Morgan fingerprint density at radius 2 is 1.74 bits per heavy atom. The van der Waals surface area contributed by atoms with Gasteiger partial charge in [0.1, 0.15) is 13.2 Å². The first-order valence-corrected chi connectivity index (χ1v) is 5.81. The summed E-state index contributed by atoms with van der Waals surface area (Å²) in [6.07, 6.45) is 0.497. The van der Waals surface area contributed by atoms with E-state index in [1.165, 1.54) is 17.0 Å². The maximum Gasteiger partial charge on any atom is 0.335 e. The third kappa shape index (κ3) is 3.17. The van der Waals surface area contributed by atoms with E-state index in [9.17, 15) is 14.4 Å². The Bertz CT molecular complexity index is 492. The highest BCUT2D eigenvalue weighted by Crippen LogP contribution is 2.08. The maximum absolute atomic E-state index is 11.5. The minimum atomic E-state index is -0.981. The van der Waals surface area contributed by atoms with Crippen molar-refractivity contribution in [2.24, 2.45) is 0 Å². The van der Waals surface area contributed by atoms with E-state index < -0.39 is 5.97 Å². The van der Waals surface area contributed by atoms with Crippen molar-refractivity contribution in [2.75, 3.05) is 19.8 Å². The number of carbonyl (C=O) groups is 3. The molecule has 1 aromatic rings. The van der Waals surface area contributed by atoms with Crippen LogP contribution in [0.25, 0.3) is 0 Å². The molecule has 1 aliphatic heterocycles. The fourth-order valence-corrected chi connectivity index (χ4v) is 1.82. The first-order chi connectivity index (χ1) is 9.08. The molecule has 1 aliphatic rings. The third-order valence-electron chi connectivity index (χ3n) is 2.88. The van der Waals surface area contributed by atoms with Crippen LogP contribution in [0.15, 0.2) is 24.3 Å². The van der Waals surface area contributed by atoms with Gasteiger partial charge in [-0.1, -0.05) is 12.1 Å². The van der Waals surface area contributed by atoms with E-state index in [1.807, 2.05) is 0 Å². The fraction of sp³-hybridized carbons (Fsp3) is 0.308. The Labute approximate surface area is 109 Å². The summed E-state index contributed by atoms with van der Waals surface area (Å²) < 4.78 is 4.81. The van der Waals surface area contributed by atoms with E-state index in [1.54, 1.807) is 12.1 Å². The van der Waals surface area contributed by atoms with E-state index in [0.717, 1.165) is 5.56 Å². The molecule has 1 heterocycles. The number of hydrogen-bond donors (Lipinski definition) is 1. The summed E-state index contributed by atoms with van der Waals surface area (Å²) in [6, 6.07) is 6.36. The molecule has 0 aromatic heterocycles. The second-order valence-electron chi connectivity index (χ2n) is 4.18. The number of benzene rings is 1. The van der Waals surface area contributed by atoms with Crippen LogP contribution in [-0.2, 0) is 20.7 Å². The summed E-state index contributed by atoms with van der Waals surface area (Å²) in [5.41, 5.74) is 1.08. The maximum atomic E-state index is 11.5. The number of nitrogens with zero attached hydrogens (tertiary/aromatic N) is 1. The SMILES string of the molecule is O=C(O)c1ccc(CCN2C(=O)COCC2=O)cc1. The molecule has 0 saturated carbocycles. The van der Waals surface area contributed by atoms with E-state index >= 15 is 0 Å². The highest BCUT2D eigenvalue weighted by Gasteiger charge is 2.25. The lowest BCUT2D eigenvalue weighted by Gasteiger charge is -2.24. The second kappa shape index (κ2) is 5.62.